The van der Waals surface area contributed by atoms with E-state index in [4.69, 9.17) is 0 Å². The van der Waals surface area contributed by atoms with E-state index in [-0.39, 0.29) is 17.4 Å². The van der Waals surface area contributed by atoms with Crippen LogP contribution >= 0.6 is 0 Å². The molecule has 0 aliphatic heterocycles. The van der Waals surface area contributed by atoms with Crippen LogP contribution in [0.1, 0.15) is 23.1 Å². The average molecular weight is 299 g/mol. The molecule has 0 aliphatic carbocycles. The van der Waals surface area contributed by atoms with Gasteiger partial charge in [-0.1, -0.05) is 35.9 Å². The van der Waals surface area contributed by atoms with Crippen molar-refractivity contribution < 1.29 is 15.0 Å². The zero-order valence-electron chi connectivity index (χ0n) is 12.7. The summed E-state index contributed by atoms with van der Waals surface area (Å²) in [5.41, 5.74) is 3.24. The van der Waals surface area contributed by atoms with Crippen LogP contribution in [-0.4, -0.2) is 22.7 Å². The van der Waals surface area contributed by atoms with Crippen LogP contribution in [0, 0.1) is 6.92 Å². The first-order valence-electron chi connectivity index (χ1n) is 7.37. The first kappa shape index (κ1) is 15.9. The molecule has 2 aromatic carbocycles. The molecule has 0 bridgehead atoms. The minimum Gasteiger partial charge on any atom is -0.504 e. The SMILES string of the molecule is Cc1ccc(CCC(=O)NCCc2ccc(O)c(O)c2)cc1. The number of nitrogens with one attached hydrogen (secondary N) is 1. The Bertz CT molecular complexity index is 635. The molecule has 4 heteroatoms. The van der Waals surface area contributed by atoms with Crippen LogP contribution in [0.15, 0.2) is 42.5 Å². The Morgan fingerprint density at radius 1 is 0.955 bits per heavy atom. The molecule has 3 N–H and O–H groups in total. The van der Waals surface area contributed by atoms with Crippen molar-refractivity contribution in [2.75, 3.05) is 6.54 Å². The molecule has 0 atom stereocenters. The zero-order valence-corrected chi connectivity index (χ0v) is 12.7. The predicted octanol–water partition coefficient (Wildman–Crippen LogP) is 2.70. The number of hydrogen-bond acceptors (Lipinski definition) is 3. The number of aryl methyl sites for hydroxylation is 2. The van der Waals surface area contributed by atoms with Gasteiger partial charge in [-0.25, -0.2) is 0 Å². The van der Waals surface area contributed by atoms with Gasteiger partial charge < -0.3 is 15.5 Å². The zero-order chi connectivity index (χ0) is 15.9. The van der Waals surface area contributed by atoms with Crippen LogP contribution in [0.4, 0.5) is 0 Å². The summed E-state index contributed by atoms with van der Waals surface area (Å²) in [6, 6.07) is 12.9. The molecule has 0 aromatic heterocycles. The second kappa shape index (κ2) is 7.50. The van der Waals surface area contributed by atoms with Crippen LogP contribution in [0.5, 0.6) is 11.5 Å². The fourth-order valence-corrected chi connectivity index (χ4v) is 2.17. The third kappa shape index (κ3) is 4.81. The highest BCUT2D eigenvalue weighted by atomic mass is 16.3. The lowest BCUT2D eigenvalue weighted by atomic mass is 10.1. The van der Waals surface area contributed by atoms with Gasteiger partial charge in [0.1, 0.15) is 0 Å². The third-order valence-electron chi connectivity index (χ3n) is 3.54. The van der Waals surface area contributed by atoms with Gasteiger partial charge in [0.2, 0.25) is 5.91 Å². The number of aromatic hydroxyl groups is 2. The first-order valence-corrected chi connectivity index (χ1v) is 7.37. The topological polar surface area (TPSA) is 69.6 Å². The molecular formula is C18H21NO3. The van der Waals surface area contributed by atoms with Gasteiger partial charge in [0, 0.05) is 13.0 Å². The Morgan fingerprint density at radius 2 is 1.64 bits per heavy atom. The number of benzene rings is 2. The van der Waals surface area contributed by atoms with Gasteiger partial charge in [-0.3, -0.25) is 4.79 Å². The van der Waals surface area contributed by atoms with E-state index in [1.165, 1.54) is 17.7 Å². The van der Waals surface area contributed by atoms with Gasteiger partial charge in [-0.15, -0.1) is 0 Å². The van der Waals surface area contributed by atoms with Crippen molar-refractivity contribution in [1.82, 2.24) is 5.32 Å². The van der Waals surface area contributed by atoms with E-state index in [0.717, 1.165) is 17.5 Å². The normalized spacial score (nSPS) is 10.4. The van der Waals surface area contributed by atoms with Crippen molar-refractivity contribution in [3.63, 3.8) is 0 Å². The van der Waals surface area contributed by atoms with Crippen molar-refractivity contribution in [2.24, 2.45) is 0 Å². The van der Waals surface area contributed by atoms with E-state index in [9.17, 15) is 15.0 Å². The standard InChI is InChI=1S/C18H21NO3/c1-13-2-4-14(5-3-13)7-9-18(22)19-11-10-15-6-8-16(20)17(21)12-15/h2-6,8,12,20-21H,7,9-11H2,1H3,(H,19,22). The summed E-state index contributed by atoms with van der Waals surface area (Å²) in [5, 5.41) is 21.5. The quantitative estimate of drug-likeness (QED) is 0.718. The van der Waals surface area contributed by atoms with E-state index < -0.39 is 0 Å². The Balaban J connectivity index is 1.71. The van der Waals surface area contributed by atoms with E-state index >= 15 is 0 Å². The number of hydrogen-bond donors (Lipinski definition) is 3. The molecule has 0 saturated carbocycles. The minimum atomic E-state index is -0.136. The van der Waals surface area contributed by atoms with E-state index in [1.807, 2.05) is 31.2 Å². The first-order chi connectivity index (χ1) is 10.5. The molecule has 4 nitrogen and oxygen atoms in total. The highest BCUT2D eigenvalue weighted by molar-refractivity contribution is 5.76. The second-order valence-electron chi connectivity index (χ2n) is 5.41. The smallest absolute Gasteiger partial charge is 0.220 e. The molecule has 2 aromatic rings. The summed E-state index contributed by atoms with van der Waals surface area (Å²) < 4.78 is 0. The number of carbonyl (C=O) groups excluding carboxylic acids is 1. The lowest BCUT2D eigenvalue weighted by Gasteiger charge is -2.07. The van der Waals surface area contributed by atoms with Crippen LogP contribution in [0.25, 0.3) is 0 Å². The summed E-state index contributed by atoms with van der Waals surface area (Å²) in [7, 11) is 0. The van der Waals surface area contributed by atoms with Gasteiger partial charge in [-0.2, -0.15) is 0 Å². The van der Waals surface area contributed by atoms with Crippen molar-refractivity contribution in [1.29, 1.82) is 0 Å². The maximum absolute atomic E-state index is 11.8. The van der Waals surface area contributed by atoms with E-state index in [0.29, 0.717) is 19.4 Å². The Labute approximate surface area is 130 Å². The summed E-state index contributed by atoms with van der Waals surface area (Å²) in [4.78, 5) is 11.8. The van der Waals surface area contributed by atoms with Crippen LogP contribution in [-0.2, 0) is 17.6 Å². The van der Waals surface area contributed by atoms with Crippen LogP contribution in [0.3, 0.4) is 0 Å². The third-order valence-corrected chi connectivity index (χ3v) is 3.54. The van der Waals surface area contributed by atoms with Gasteiger partial charge in [-0.05, 0) is 43.0 Å². The van der Waals surface area contributed by atoms with Crippen molar-refractivity contribution in [3.8, 4) is 11.5 Å². The number of rotatable bonds is 6. The lowest BCUT2D eigenvalue weighted by Crippen LogP contribution is -2.25. The maximum atomic E-state index is 11.8. The average Bonchev–Trinajstić information content (AvgIpc) is 2.50. The molecule has 0 spiro atoms. The molecule has 22 heavy (non-hydrogen) atoms. The van der Waals surface area contributed by atoms with E-state index in [1.54, 1.807) is 6.07 Å². The summed E-state index contributed by atoms with van der Waals surface area (Å²) in [6.45, 7) is 2.55. The second-order valence-corrected chi connectivity index (χ2v) is 5.41. The van der Waals surface area contributed by atoms with E-state index in [2.05, 4.69) is 5.32 Å². The van der Waals surface area contributed by atoms with Gasteiger partial charge in [0.15, 0.2) is 11.5 Å². The molecule has 0 aliphatic rings. The van der Waals surface area contributed by atoms with Crippen LogP contribution in [0.2, 0.25) is 0 Å². The van der Waals surface area contributed by atoms with Crippen molar-refractivity contribution in [2.45, 2.75) is 26.2 Å². The highest BCUT2D eigenvalue weighted by Crippen LogP contribution is 2.24. The summed E-state index contributed by atoms with van der Waals surface area (Å²) >= 11 is 0. The monoisotopic (exact) mass is 299 g/mol. The van der Waals surface area contributed by atoms with Crippen LogP contribution < -0.4 is 5.32 Å². The number of amides is 1. The van der Waals surface area contributed by atoms with Gasteiger partial charge >= 0.3 is 0 Å². The van der Waals surface area contributed by atoms with Crippen molar-refractivity contribution in [3.05, 3.63) is 59.2 Å². The number of phenols is 2. The fraction of sp³-hybridized carbons (Fsp3) is 0.278. The molecule has 0 unspecified atom stereocenters. The van der Waals surface area contributed by atoms with Gasteiger partial charge in [0.05, 0.1) is 0 Å². The molecular weight excluding hydrogens is 278 g/mol. The Morgan fingerprint density at radius 3 is 2.32 bits per heavy atom. The number of carbonyl (C=O) groups is 1. The lowest BCUT2D eigenvalue weighted by molar-refractivity contribution is -0.121. The predicted molar refractivity (Wildman–Crippen MR) is 86.0 cm³/mol. The number of phenolic OH excluding ortho intramolecular Hbond substituents is 2. The summed E-state index contributed by atoms with van der Waals surface area (Å²) in [6.07, 6.45) is 1.81. The van der Waals surface area contributed by atoms with Gasteiger partial charge in [0.25, 0.3) is 0 Å². The molecule has 0 saturated heterocycles. The highest BCUT2D eigenvalue weighted by Gasteiger charge is 2.04. The fourth-order valence-electron chi connectivity index (χ4n) is 2.17. The van der Waals surface area contributed by atoms with Crippen molar-refractivity contribution >= 4 is 5.91 Å². The molecule has 0 fully saturated rings. The molecule has 116 valence electrons. The molecule has 0 heterocycles. The molecule has 2 rings (SSSR count). The minimum absolute atomic E-state index is 0.0172. The largest absolute Gasteiger partial charge is 0.504 e. The Hall–Kier alpha value is -2.49. The maximum Gasteiger partial charge on any atom is 0.220 e. The molecule has 1 amide bonds. The molecule has 0 radical (unpaired) electrons. The Kier molecular flexibility index (Phi) is 5.42. The summed E-state index contributed by atoms with van der Waals surface area (Å²) in [5.74, 6) is -0.252.